The first-order chi connectivity index (χ1) is 12.5. The normalized spacial score (nSPS) is 15.8. The minimum atomic E-state index is 0.455. The lowest BCUT2D eigenvalue weighted by Gasteiger charge is -2.35. The molecule has 2 aromatic rings. The maximum absolute atomic E-state index is 8.92. The summed E-state index contributed by atoms with van der Waals surface area (Å²) in [4.78, 5) is 16.3. The van der Waals surface area contributed by atoms with Gasteiger partial charge in [0.2, 0.25) is 5.95 Å². The number of anilines is 2. The van der Waals surface area contributed by atoms with Crippen LogP contribution in [0.3, 0.4) is 0 Å². The summed E-state index contributed by atoms with van der Waals surface area (Å²) < 4.78 is 1.000. The van der Waals surface area contributed by atoms with Crippen LogP contribution in [0.1, 0.15) is 19.3 Å². The van der Waals surface area contributed by atoms with Gasteiger partial charge in [0.05, 0.1) is 18.0 Å². The van der Waals surface area contributed by atoms with Crippen molar-refractivity contribution in [3.8, 4) is 6.07 Å². The molecule has 0 atom stereocenters. The first kappa shape index (κ1) is 18.9. The molecule has 0 saturated carbocycles. The zero-order valence-electron chi connectivity index (χ0n) is 15.6. The van der Waals surface area contributed by atoms with Crippen LogP contribution in [-0.4, -0.2) is 61.7 Å². The lowest BCUT2D eigenvalue weighted by Crippen LogP contribution is -2.42. The Labute approximate surface area is 163 Å². The van der Waals surface area contributed by atoms with E-state index in [0.29, 0.717) is 19.0 Å². The van der Waals surface area contributed by atoms with Gasteiger partial charge in [-0.15, -0.1) is 0 Å². The number of benzene rings is 1. The summed E-state index contributed by atoms with van der Waals surface area (Å²) >= 11 is 3.54. The fourth-order valence-electron chi connectivity index (χ4n) is 3.39. The molecule has 0 spiro atoms. The van der Waals surface area contributed by atoms with Crippen molar-refractivity contribution in [3.63, 3.8) is 0 Å². The average molecular weight is 417 g/mol. The summed E-state index contributed by atoms with van der Waals surface area (Å²) in [6, 6.07) is 8.75. The van der Waals surface area contributed by atoms with Crippen molar-refractivity contribution in [3.05, 3.63) is 22.7 Å². The van der Waals surface area contributed by atoms with Crippen LogP contribution >= 0.6 is 15.9 Å². The SMILES string of the molecule is CN1CCC(N(C)c2nc(N(C)CCC#N)c3cc(Br)ccc3n2)CC1. The monoisotopic (exact) mass is 416 g/mol. The second-order valence-corrected chi connectivity index (χ2v) is 7.90. The molecule has 1 saturated heterocycles. The first-order valence-electron chi connectivity index (χ1n) is 8.96. The van der Waals surface area contributed by atoms with E-state index in [1.807, 2.05) is 30.1 Å². The van der Waals surface area contributed by atoms with Gasteiger partial charge in [0.1, 0.15) is 5.82 Å². The fourth-order valence-corrected chi connectivity index (χ4v) is 3.75. The third-order valence-corrected chi connectivity index (χ3v) is 5.59. The van der Waals surface area contributed by atoms with Gasteiger partial charge in [-0.3, -0.25) is 0 Å². The van der Waals surface area contributed by atoms with E-state index < -0.39 is 0 Å². The molecule has 0 radical (unpaired) electrons. The molecule has 0 bridgehead atoms. The van der Waals surface area contributed by atoms with E-state index >= 15 is 0 Å². The number of nitrogens with zero attached hydrogens (tertiary/aromatic N) is 6. The highest BCUT2D eigenvalue weighted by atomic mass is 79.9. The second-order valence-electron chi connectivity index (χ2n) is 6.98. The number of fused-ring (bicyclic) bond motifs is 1. The van der Waals surface area contributed by atoms with Crippen molar-refractivity contribution < 1.29 is 0 Å². The summed E-state index contributed by atoms with van der Waals surface area (Å²) in [5.41, 5.74) is 0.928. The van der Waals surface area contributed by atoms with Crippen LogP contribution in [0.5, 0.6) is 0 Å². The predicted octanol–water partition coefficient (Wildman–Crippen LogP) is 3.27. The zero-order chi connectivity index (χ0) is 18.7. The largest absolute Gasteiger partial charge is 0.358 e. The van der Waals surface area contributed by atoms with E-state index in [1.54, 1.807) is 0 Å². The summed E-state index contributed by atoms with van der Waals surface area (Å²) in [5.74, 6) is 1.63. The molecule has 6 nitrogen and oxygen atoms in total. The molecule has 1 aliphatic rings. The third-order valence-electron chi connectivity index (χ3n) is 5.10. The van der Waals surface area contributed by atoms with Gasteiger partial charge in [0, 0.05) is 36.5 Å². The summed E-state index contributed by atoms with van der Waals surface area (Å²) in [7, 11) is 6.25. The van der Waals surface area contributed by atoms with Crippen molar-refractivity contribution >= 4 is 38.6 Å². The molecule has 0 aliphatic carbocycles. The Hall–Kier alpha value is -1.91. The van der Waals surface area contributed by atoms with Crippen LogP contribution in [-0.2, 0) is 0 Å². The van der Waals surface area contributed by atoms with Gasteiger partial charge in [-0.05, 0) is 51.2 Å². The Balaban J connectivity index is 1.98. The number of likely N-dealkylation sites (tertiary alicyclic amines) is 1. The average Bonchev–Trinajstić information content (AvgIpc) is 2.65. The van der Waals surface area contributed by atoms with Gasteiger partial charge >= 0.3 is 0 Å². The highest BCUT2D eigenvalue weighted by Gasteiger charge is 2.23. The standard InChI is InChI=1S/C19H25BrN6/c1-24-11-7-15(8-12-24)26(3)19-22-17-6-5-14(20)13-16(17)18(23-19)25(2)10-4-9-21/h5-6,13,15H,4,7-8,10-12H2,1-3H3. The molecule has 26 heavy (non-hydrogen) atoms. The van der Waals surface area contributed by atoms with Crippen LogP contribution in [0.2, 0.25) is 0 Å². The van der Waals surface area contributed by atoms with E-state index in [9.17, 15) is 0 Å². The summed E-state index contributed by atoms with van der Waals surface area (Å²) in [6.45, 7) is 2.85. The van der Waals surface area contributed by atoms with Gasteiger partial charge in [0.15, 0.2) is 0 Å². The van der Waals surface area contributed by atoms with E-state index in [4.69, 9.17) is 15.2 Å². The molecule has 2 heterocycles. The van der Waals surface area contributed by atoms with Crippen LogP contribution < -0.4 is 9.80 Å². The number of aromatic nitrogens is 2. The van der Waals surface area contributed by atoms with Gasteiger partial charge in [-0.1, -0.05) is 15.9 Å². The molecule has 1 aliphatic heterocycles. The molecule has 7 heteroatoms. The molecular weight excluding hydrogens is 392 g/mol. The quantitative estimate of drug-likeness (QED) is 0.745. The van der Waals surface area contributed by atoms with E-state index in [2.05, 4.69) is 45.9 Å². The zero-order valence-corrected chi connectivity index (χ0v) is 17.2. The van der Waals surface area contributed by atoms with Crippen molar-refractivity contribution in [2.45, 2.75) is 25.3 Å². The Kier molecular flexibility index (Phi) is 5.94. The van der Waals surface area contributed by atoms with E-state index in [0.717, 1.165) is 53.1 Å². The Morgan fingerprint density at radius 2 is 2.00 bits per heavy atom. The topological polar surface area (TPSA) is 59.3 Å². The minimum absolute atomic E-state index is 0.455. The molecule has 1 aromatic heterocycles. The van der Waals surface area contributed by atoms with Gasteiger partial charge in [-0.25, -0.2) is 4.98 Å². The maximum atomic E-state index is 8.92. The van der Waals surface area contributed by atoms with Crippen LogP contribution in [0.15, 0.2) is 22.7 Å². The molecule has 0 N–H and O–H groups in total. The number of halogens is 1. The van der Waals surface area contributed by atoms with Crippen molar-refractivity contribution in [1.29, 1.82) is 5.26 Å². The van der Waals surface area contributed by atoms with Gasteiger partial charge < -0.3 is 14.7 Å². The summed E-state index contributed by atoms with van der Waals surface area (Å²) in [6.07, 6.45) is 2.71. The number of piperidine rings is 1. The number of nitriles is 1. The Morgan fingerprint density at radius 1 is 1.27 bits per heavy atom. The van der Waals surface area contributed by atoms with Crippen molar-refractivity contribution in [2.75, 3.05) is 50.6 Å². The van der Waals surface area contributed by atoms with Crippen LogP contribution in [0.4, 0.5) is 11.8 Å². The smallest absolute Gasteiger partial charge is 0.227 e. The molecule has 1 aromatic carbocycles. The molecule has 0 amide bonds. The Bertz CT molecular complexity index is 810. The van der Waals surface area contributed by atoms with Crippen molar-refractivity contribution in [1.82, 2.24) is 14.9 Å². The van der Waals surface area contributed by atoms with Gasteiger partial charge in [-0.2, -0.15) is 10.2 Å². The number of hydrogen-bond acceptors (Lipinski definition) is 6. The third kappa shape index (κ3) is 4.08. The number of hydrogen-bond donors (Lipinski definition) is 0. The summed E-state index contributed by atoms with van der Waals surface area (Å²) in [5, 5.41) is 9.93. The predicted molar refractivity (Wildman–Crippen MR) is 110 cm³/mol. The number of rotatable bonds is 5. The van der Waals surface area contributed by atoms with Crippen LogP contribution in [0.25, 0.3) is 10.9 Å². The minimum Gasteiger partial charge on any atom is -0.358 e. The van der Waals surface area contributed by atoms with Gasteiger partial charge in [0.25, 0.3) is 0 Å². The Morgan fingerprint density at radius 3 is 2.69 bits per heavy atom. The maximum Gasteiger partial charge on any atom is 0.227 e. The van der Waals surface area contributed by atoms with Crippen molar-refractivity contribution in [2.24, 2.45) is 0 Å². The molecular formula is C19H25BrN6. The molecule has 138 valence electrons. The van der Waals surface area contributed by atoms with E-state index in [1.165, 1.54) is 0 Å². The lowest BCUT2D eigenvalue weighted by molar-refractivity contribution is 0.252. The molecule has 3 rings (SSSR count). The lowest BCUT2D eigenvalue weighted by atomic mass is 10.0. The second kappa shape index (κ2) is 8.19. The first-order valence-corrected chi connectivity index (χ1v) is 9.75. The van der Waals surface area contributed by atoms with Crippen LogP contribution in [0, 0.1) is 11.3 Å². The highest BCUT2D eigenvalue weighted by Crippen LogP contribution is 2.30. The molecule has 0 unspecified atom stereocenters. The molecule has 1 fully saturated rings. The fraction of sp³-hybridized carbons (Fsp3) is 0.526. The van der Waals surface area contributed by atoms with E-state index in [-0.39, 0.29) is 0 Å². The highest BCUT2D eigenvalue weighted by molar-refractivity contribution is 9.10.